The first-order valence-electron chi connectivity index (χ1n) is 8.72. The highest BCUT2D eigenvalue weighted by molar-refractivity contribution is 6.07. The third-order valence-electron chi connectivity index (χ3n) is 4.62. The molecule has 1 saturated heterocycles. The summed E-state index contributed by atoms with van der Waals surface area (Å²) in [4.78, 5) is 26.3. The Bertz CT molecular complexity index is 812. The van der Waals surface area contributed by atoms with Crippen molar-refractivity contribution in [3.8, 4) is 5.75 Å². The Morgan fingerprint density at radius 1 is 1.15 bits per heavy atom. The number of aliphatic hydroxyl groups is 1. The average Bonchev–Trinajstić information content (AvgIpc) is 2.93. The fourth-order valence-corrected chi connectivity index (χ4v) is 3.14. The molecule has 2 atom stereocenters. The van der Waals surface area contributed by atoms with Crippen molar-refractivity contribution in [3.63, 3.8) is 0 Å². The SMILES string of the molecule is CCC1(c2ccc(F)cc2)NC(=O)N(CC(O)COc2ccccc2)C1=O. The minimum atomic E-state index is -1.26. The van der Waals surface area contributed by atoms with Gasteiger partial charge in [-0.15, -0.1) is 0 Å². The molecule has 2 aromatic carbocycles. The second-order valence-electron chi connectivity index (χ2n) is 6.39. The molecular weight excluding hydrogens is 351 g/mol. The molecule has 1 heterocycles. The molecule has 3 rings (SSSR count). The van der Waals surface area contributed by atoms with E-state index in [0.29, 0.717) is 17.7 Å². The van der Waals surface area contributed by atoms with Crippen molar-refractivity contribution in [1.82, 2.24) is 10.2 Å². The molecule has 2 aromatic rings. The van der Waals surface area contributed by atoms with Gasteiger partial charge in [-0.1, -0.05) is 37.3 Å². The summed E-state index contributed by atoms with van der Waals surface area (Å²) in [6, 6.07) is 13.8. The minimum Gasteiger partial charge on any atom is -0.491 e. The zero-order chi connectivity index (χ0) is 19.4. The van der Waals surface area contributed by atoms with E-state index in [0.717, 1.165) is 4.90 Å². The highest BCUT2D eigenvalue weighted by Crippen LogP contribution is 2.32. The van der Waals surface area contributed by atoms with E-state index >= 15 is 0 Å². The number of halogens is 1. The van der Waals surface area contributed by atoms with E-state index in [1.807, 2.05) is 6.07 Å². The van der Waals surface area contributed by atoms with E-state index in [-0.39, 0.29) is 13.2 Å². The molecule has 0 aliphatic carbocycles. The van der Waals surface area contributed by atoms with Gasteiger partial charge in [0.05, 0.1) is 6.54 Å². The maximum absolute atomic E-state index is 13.2. The molecule has 0 spiro atoms. The number of para-hydroxylation sites is 1. The number of carbonyl (C=O) groups is 2. The maximum Gasteiger partial charge on any atom is 0.325 e. The fourth-order valence-electron chi connectivity index (χ4n) is 3.14. The first-order valence-corrected chi connectivity index (χ1v) is 8.72. The second kappa shape index (κ2) is 7.75. The lowest BCUT2D eigenvalue weighted by Crippen LogP contribution is -2.44. The summed E-state index contributed by atoms with van der Waals surface area (Å²) in [5, 5.41) is 12.9. The number of hydrogen-bond acceptors (Lipinski definition) is 4. The van der Waals surface area contributed by atoms with Crippen molar-refractivity contribution in [1.29, 1.82) is 0 Å². The van der Waals surface area contributed by atoms with E-state index in [4.69, 9.17) is 4.74 Å². The van der Waals surface area contributed by atoms with Crippen LogP contribution in [0.3, 0.4) is 0 Å². The number of carbonyl (C=O) groups excluding carboxylic acids is 2. The highest BCUT2D eigenvalue weighted by Gasteiger charge is 2.51. The summed E-state index contributed by atoms with van der Waals surface area (Å²) >= 11 is 0. The van der Waals surface area contributed by atoms with Crippen LogP contribution in [-0.2, 0) is 10.3 Å². The summed E-state index contributed by atoms with van der Waals surface area (Å²) in [7, 11) is 0. The van der Waals surface area contributed by atoms with Crippen LogP contribution < -0.4 is 10.1 Å². The Kier molecular flexibility index (Phi) is 5.41. The second-order valence-corrected chi connectivity index (χ2v) is 6.39. The van der Waals surface area contributed by atoms with Gasteiger partial charge in [-0.2, -0.15) is 0 Å². The van der Waals surface area contributed by atoms with Crippen molar-refractivity contribution in [2.75, 3.05) is 13.2 Å². The predicted octanol–water partition coefficient (Wildman–Crippen LogP) is 2.42. The van der Waals surface area contributed by atoms with Crippen LogP contribution in [0.5, 0.6) is 5.75 Å². The number of β-amino-alcohol motifs (C(OH)–C–C–N with tert-alkyl or cyclic N) is 1. The number of ether oxygens (including phenoxy) is 1. The first-order chi connectivity index (χ1) is 13.0. The molecule has 1 fully saturated rings. The molecule has 7 heteroatoms. The van der Waals surface area contributed by atoms with E-state index in [1.165, 1.54) is 24.3 Å². The van der Waals surface area contributed by atoms with E-state index in [9.17, 15) is 19.1 Å². The van der Waals surface area contributed by atoms with Gasteiger partial charge in [0, 0.05) is 0 Å². The van der Waals surface area contributed by atoms with Crippen molar-refractivity contribution >= 4 is 11.9 Å². The van der Waals surface area contributed by atoms with E-state index in [2.05, 4.69) is 5.32 Å². The zero-order valence-electron chi connectivity index (χ0n) is 14.9. The summed E-state index contributed by atoms with van der Waals surface area (Å²) in [5.74, 6) is -0.310. The third-order valence-corrected chi connectivity index (χ3v) is 4.62. The van der Waals surface area contributed by atoms with Gasteiger partial charge in [0.1, 0.15) is 29.8 Å². The van der Waals surface area contributed by atoms with Crippen molar-refractivity contribution in [2.24, 2.45) is 0 Å². The maximum atomic E-state index is 13.2. The number of nitrogens with zero attached hydrogens (tertiary/aromatic N) is 1. The quantitative estimate of drug-likeness (QED) is 0.732. The van der Waals surface area contributed by atoms with E-state index in [1.54, 1.807) is 31.2 Å². The standard InChI is InChI=1S/C20H21FN2O4/c1-2-20(14-8-10-15(21)11-9-14)18(25)23(19(26)22-20)12-16(24)13-27-17-6-4-3-5-7-17/h3-11,16,24H,2,12-13H2,1H3,(H,22,26). The van der Waals surface area contributed by atoms with Crippen LogP contribution in [0.25, 0.3) is 0 Å². The fraction of sp³-hybridized carbons (Fsp3) is 0.300. The molecule has 1 aliphatic rings. The van der Waals surface area contributed by atoms with Crippen LogP contribution in [0.1, 0.15) is 18.9 Å². The lowest BCUT2D eigenvalue weighted by Gasteiger charge is -2.26. The molecule has 0 bridgehead atoms. The van der Waals surface area contributed by atoms with Crippen molar-refractivity contribution in [3.05, 3.63) is 66.0 Å². The van der Waals surface area contributed by atoms with Crippen molar-refractivity contribution in [2.45, 2.75) is 25.0 Å². The van der Waals surface area contributed by atoms with Gasteiger partial charge >= 0.3 is 6.03 Å². The molecule has 0 radical (unpaired) electrons. The number of urea groups is 1. The highest BCUT2D eigenvalue weighted by atomic mass is 19.1. The van der Waals surface area contributed by atoms with Crippen LogP contribution in [0, 0.1) is 5.82 Å². The molecule has 2 N–H and O–H groups in total. The third kappa shape index (κ3) is 3.78. The van der Waals surface area contributed by atoms with Gasteiger partial charge in [-0.05, 0) is 36.2 Å². The van der Waals surface area contributed by atoms with Gasteiger partial charge < -0.3 is 15.2 Å². The van der Waals surface area contributed by atoms with E-state index < -0.39 is 29.4 Å². The number of nitrogens with one attached hydrogen (secondary N) is 1. The Morgan fingerprint density at radius 2 is 1.81 bits per heavy atom. The lowest BCUT2D eigenvalue weighted by molar-refractivity contribution is -0.132. The Balaban J connectivity index is 1.70. The molecule has 27 heavy (non-hydrogen) atoms. The Labute approximate surface area is 156 Å². The van der Waals surface area contributed by atoms with Gasteiger partial charge in [0.2, 0.25) is 0 Å². The van der Waals surface area contributed by atoms with Gasteiger partial charge in [-0.3, -0.25) is 9.69 Å². The van der Waals surface area contributed by atoms with Crippen LogP contribution >= 0.6 is 0 Å². The van der Waals surface area contributed by atoms with Gasteiger partial charge in [0.15, 0.2) is 0 Å². The van der Waals surface area contributed by atoms with Crippen LogP contribution in [0.15, 0.2) is 54.6 Å². The Hall–Kier alpha value is -2.93. The topological polar surface area (TPSA) is 78.9 Å². The summed E-state index contributed by atoms with van der Waals surface area (Å²) in [6.45, 7) is 1.51. The van der Waals surface area contributed by atoms with Gasteiger partial charge in [-0.25, -0.2) is 9.18 Å². The van der Waals surface area contributed by atoms with Crippen molar-refractivity contribution < 1.29 is 23.8 Å². The molecule has 6 nitrogen and oxygen atoms in total. The number of imide groups is 1. The largest absolute Gasteiger partial charge is 0.491 e. The molecule has 0 aromatic heterocycles. The van der Waals surface area contributed by atoms with Crippen LogP contribution in [-0.4, -0.2) is 41.2 Å². The minimum absolute atomic E-state index is 0.0588. The number of benzene rings is 2. The molecule has 0 saturated carbocycles. The molecule has 1 aliphatic heterocycles. The molecule has 3 amide bonds. The zero-order valence-corrected chi connectivity index (χ0v) is 14.9. The normalized spacial score (nSPS) is 20.5. The average molecular weight is 372 g/mol. The summed E-state index contributed by atoms with van der Waals surface area (Å²) in [6.07, 6.45) is -0.739. The number of hydrogen-bond donors (Lipinski definition) is 2. The summed E-state index contributed by atoms with van der Waals surface area (Å²) < 4.78 is 18.7. The number of aliphatic hydroxyl groups excluding tert-OH is 1. The first kappa shape index (κ1) is 18.8. The van der Waals surface area contributed by atoms with Crippen LogP contribution in [0.4, 0.5) is 9.18 Å². The van der Waals surface area contributed by atoms with Gasteiger partial charge in [0.25, 0.3) is 5.91 Å². The Morgan fingerprint density at radius 3 is 2.44 bits per heavy atom. The summed E-state index contributed by atoms with van der Waals surface area (Å²) in [5.41, 5.74) is -0.757. The van der Waals surface area contributed by atoms with Crippen LogP contribution in [0.2, 0.25) is 0 Å². The smallest absolute Gasteiger partial charge is 0.325 e. The molecule has 2 unspecified atom stereocenters. The number of amides is 3. The monoisotopic (exact) mass is 372 g/mol. The number of rotatable bonds is 7. The predicted molar refractivity (Wildman–Crippen MR) is 96.6 cm³/mol. The molecule has 142 valence electrons. The molecular formula is C20H21FN2O4. The lowest BCUT2D eigenvalue weighted by atomic mass is 9.87.